The van der Waals surface area contributed by atoms with Gasteiger partial charge in [-0.05, 0) is 0 Å². The lowest BCUT2D eigenvalue weighted by molar-refractivity contribution is -0.300. The van der Waals surface area contributed by atoms with Crippen molar-refractivity contribution in [1.82, 2.24) is 0 Å². The van der Waals surface area contributed by atoms with E-state index >= 15 is 0 Å². The zero-order chi connectivity index (χ0) is 10.7. The summed E-state index contributed by atoms with van der Waals surface area (Å²) < 4.78 is 9.73. The summed E-state index contributed by atoms with van der Waals surface area (Å²) in [6.45, 7) is -0.669. The third-order valence-electron chi connectivity index (χ3n) is 2.11. The molecule has 14 heavy (non-hydrogen) atoms. The summed E-state index contributed by atoms with van der Waals surface area (Å²) >= 11 is 0. The van der Waals surface area contributed by atoms with E-state index in [0.29, 0.717) is 0 Å². The molecule has 1 heterocycles. The van der Waals surface area contributed by atoms with Crippen LogP contribution in [0.15, 0.2) is 0 Å². The molecule has 0 aromatic heterocycles. The second kappa shape index (κ2) is 4.99. The van der Waals surface area contributed by atoms with Crippen LogP contribution in [0.2, 0.25) is 0 Å². The van der Waals surface area contributed by atoms with Crippen LogP contribution in [0.25, 0.3) is 0 Å². The Morgan fingerprint density at radius 2 is 1.79 bits per heavy atom. The summed E-state index contributed by atoms with van der Waals surface area (Å²) in [5.74, 6) is 0. The first-order valence-electron chi connectivity index (χ1n) is 4.24. The van der Waals surface area contributed by atoms with Crippen LogP contribution in [0.5, 0.6) is 0 Å². The van der Waals surface area contributed by atoms with E-state index in [1.807, 2.05) is 0 Å². The van der Waals surface area contributed by atoms with Crippen molar-refractivity contribution >= 4 is 0 Å². The van der Waals surface area contributed by atoms with E-state index < -0.39 is 37.3 Å². The van der Waals surface area contributed by atoms with Gasteiger partial charge in [-0.3, -0.25) is 0 Å². The highest BCUT2D eigenvalue weighted by atomic mass is 16.7. The molecule has 0 saturated carbocycles. The van der Waals surface area contributed by atoms with Gasteiger partial charge < -0.3 is 35.6 Å². The second-order valence-electron chi connectivity index (χ2n) is 3.03. The average molecular weight is 209 g/mol. The molecule has 1 aliphatic rings. The molecule has 1 aliphatic heterocycles. The largest absolute Gasteiger partial charge is 0.394 e. The number of nitrogens with two attached hydrogens (primary N) is 1. The SMILES string of the molecule is NCO[C@H]1O[C@H](CO)[C@@H](O)[C@H](O)[C@H]1O. The van der Waals surface area contributed by atoms with Gasteiger partial charge in [-0.2, -0.15) is 0 Å². The van der Waals surface area contributed by atoms with Gasteiger partial charge in [0.1, 0.15) is 24.4 Å². The quantitative estimate of drug-likeness (QED) is 0.308. The van der Waals surface area contributed by atoms with E-state index in [0.717, 1.165) is 0 Å². The van der Waals surface area contributed by atoms with Crippen LogP contribution in [-0.4, -0.2) is 64.5 Å². The number of aliphatic hydroxyl groups excluding tert-OH is 4. The smallest absolute Gasteiger partial charge is 0.188 e. The van der Waals surface area contributed by atoms with Gasteiger partial charge in [-0.25, -0.2) is 0 Å². The van der Waals surface area contributed by atoms with Gasteiger partial charge in [-0.15, -0.1) is 0 Å². The van der Waals surface area contributed by atoms with Crippen molar-refractivity contribution < 1.29 is 29.9 Å². The maximum absolute atomic E-state index is 9.36. The standard InChI is InChI=1S/C7H15NO6/c8-2-13-7-6(12)5(11)4(10)3(1-9)14-7/h3-7,9-12H,1-2,8H2/t3-,4-,5+,6-,7+/m1/s1. The Labute approximate surface area is 80.7 Å². The van der Waals surface area contributed by atoms with E-state index in [2.05, 4.69) is 0 Å². The summed E-state index contributed by atoms with van der Waals surface area (Å²) in [6, 6.07) is 0. The maximum Gasteiger partial charge on any atom is 0.188 e. The predicted molar refractivity (Wildman–Crippen MR) is 43.9 cm³/mol. The Morgan fingerprint density at radius 3 is 2.29 bits per heavy atom. The van der Waals surface area contributed by atoms with Crippen LogP contribution in [0.1, 0.15) is 0 Å². The van der Waals surface area contributed by atoms with Crippen LogP contribution in [0.4, 0.5) is 0 Å². The number of ether oxygens (including phenoxy) is 2. The summed E-state index contributed by atoms with van der Waals surface area (Å²) in [6.07, 6.45) is -6.25. The van der Waals surface area contributed by atoms with Gasteiger partial charge in [0.2, 0.25) is 0 Å². The molecule has 0 spiro atoms. The van der Waals surface area contributed by atoms with Crippen LogP contribution < -0.4 is 5.73 Å². The fraction of sp³-hybridized carbons (Fsp3) is 1.00. The van der Waals surface area contributed by atoms with Crippen molar-refractivity contribution in [2.75, 3.05) is 13.3 Å². The highest BCUT2D eigenvalue weighted by molar-refractivity contribution is 4.88. The lowest BCUT2D eigenvalue weighted by Gasteiger charge is -2.39. The summed E-state index contributed by atoms with van der Waals surface area (Å²) in [7, 11) is 0. The molecule has 0 bridgehead atoms. The zero-order valence-electron chi connectivity index (χ0n) is 7.48. The molecule has 0 aromatic rings. The topological polar surface area (TPSA) is 125 Å². The summed E-state index contributed by atoms with van der Waals surface area (Å²) in [4.78, 5) is 0. The number of aliphatic hydroxyl groups is 4. The summed E-state index contributed by atoms with van der Waals surface area (Å²) in [5, 5.41) is 36.8. The minimum atomic E-state index is -1.42. The zero-order valence-corrected chi connectivity index (χ0v) is 7.48. The van der Waals surface area contributed by atoms with Crippen molar-refractivity contribution in [2.24, 2.45) is 5.73 Å². The highest BCUT2D eigenvalue weighted by Crippen LogP contribution is 2.21. The van der Waals surface area contributed by atoms with Crippen LogP contribution >= 0.6 is 0 Å². The summed E-state index contributed by atoms with van der Waals surface area (Å²) in [5.41, 5.74) is 5.07. The molecule has 84 valence electrons. The molecular formula is C7H15NO6. The van der Waals surface area contributed by atoms with Crippen molar-refractivity contribution in [2.45, 2.75) is 30.7 Å². The maximum atomic E-state index is 9.36. The molecule has 0 unspecified atom stereocenters. The van der Waals surface area contributed by atoms with Gasteiger partial charge in [0.15, 0.2) is 6.29 Å². The van der Waals surface area contributed by atoms with E-state index in [4.69, 9.17) is 20.3 Å². The third kappa shape index (κ3) is 2.20. The van der Waals surface area contributed by atoms with Crippen molar-refractivity contribution in [3.05, 3.63) is 0 Å². The van der Waals surface area contributed by atoms with E-state index in [1.54, 1.807) is 0 Å². The Hall–Kier alpha value is -0.280. The first kappa shape index (κ1) is 11.8. The predicted octanol–water partition coefficient (Wildman–Crippen LogP) is -3.28. The van der Waals surface area contributed by atoms with Crippen molar-refractivity contribution in [3.63, 3.8) is 0 Å². The van der Waals surface area contributed by atoms with Crippen LogP contribution in [-0.2, 0) is 9.47 Å². The van der Waals surface area contributed by atoms with Gasteiger partial charge in [0.25, 0.3) is 0 Å². The fourth-order valence-corrected chi connectivity index (χ4v) is 1.30. The number of hydrogen-bond donors (Lipinski definition) is 5. The number of rotatable bonds is 3. The first-order valence-corrected chi connectivity index (χ1v) is 4.24. The Bertz CT molecular complexity index is 176. The van der Waals surface area contributed by atoms with Gasteiger partial charge in [0, 0.05) is 0 Å². The van der Waals surface area contributed by atoms with Crippen molar-refractivity contribution in [3.8, 4) is 0 Å². The minimum absolute atomic E-state index is 0.192. The fourth-order valence-electron chi connectivity index (χ4n) is 1.30. The lowest BCUT2D eigenvalue weighted by atomic mass is 9.99. The van der Waals surface area contributed by atoms with Crippen LogP contribution in [0.3, 0.4) is 0 Å². The first-order chi connectivity index (χ1) is 6.61. The molecule has 5 atom stereocenters. The molecule has 1 fully saturated rings. The number of hydrogen-bond acceptors (Lipinski definition) is 7. The Balaban J connectivity index is 2.63. The highest BCUT2D eigenvalue weighted by Gasteiger charge is 2.43. The Kier molecular flexibility index (Phi) is 4.20. The lowest BCUT2D eigenvalue weighted by Crippen LogP contribution is -2.59. The second-order valence-corrected chi connectivity index (χ2v) is 3.03. The molecule has 6 N–H and O–H groups in total. The molecule has 0 amide bonds. The molecular weight excluding hydrogens is 194 g/mol. The average Bonchev–Trinajstić information content (AvgIpc) is 2.19. The van der Waals surface area contributed by atoms with Gasteiger partial charge in [0.05, 0.1) is 13.3 Å². The van der Waals surface area contributed by atoms with E-state index in [9.17, 15) is 15.3 Å². The monoisotopic (exact) mass is 209 g/mol. The van der Waals surface area contributed by atoms with Crippen LogP contribution in [0, 0.1) is 0 Å². The van der Waals surface area contributed by atoms with Gasteiger partial charge >= 0.3 is 0 Å². The molecule has 0 aliphatic carbocycles. The molecule has 1 rings (SSSR count). The molecule has 0 radical (unpaired) electrons. The molecule has 0 aromatic carbocycles. The molecule has 7 heteroatoms. The van der Waals surface area contributed by atoms with E-state index in [-0.39, 0.29) is 6.73 Å². The minimum Gasteiger partial charge on any atom is -0.394 e. The third-order valence-corrected chi connectivity index (χ3v) is 2.11. The van der Waals surface area contributed by atoms with E-state index in [1.165, 1.54) is 0 Å². The molecule has 1 saturated heterocycles. The van der Waals surface area contributed by atoms with Crippen molar-refractivity contribution in [1.29, 1.82) is 0 Å². The van der Waals surface area contributed by atoms with Gasteiger partial charge in [-0.1, -0.05) is 0 Å². The normalized spacial score (nSPS) is 43.9. The Morgan fingerprint density at radius 1 is 1.14 bits per heavy atom. The molecule has 7 nitrogen and oxygen atoms in total.